The Morgan fingerprint density at radius 2 is 2.17 bits per heavy atom. The summed E-state index contributed by atoms with van der Waals surface area (Å²) in [5.41, 5.74) is 2.91. The first-order chi connectivity index (χ1) is 8.61. The highest BCUT2D eigenvalue weighted by atomic mass is 16.5. The van der Waals surface area contributed by atoms with Gasteiger partial charge in [-0.3, -0.25) is 4.79 Å². The van der Waals surface area contributed by atoms with Gasteiger partial charge in [-0.1, -0.05) is 13.8 Å². The summed E-state index contributed by atoms with van der Waals surface area (Å²) in [6, 6.07) is 8.55. The van der Waals surface area contributed by atoms with Gasteiger partial charge in [0.15, 0.2) is 6.61 Å². The van der Waals surface area contributed by atoms with Crippen LogP contribution < -0.4 is 10.2 Å². The average molecular weight is 245 g/mol. The molecule has 1 N–H and O–H groups in total. The van der Waals surface area contributed by atoms with Crippen molar-refractivity contribution in [1.82, 2.24) is 5.43 Å². The predicted molar refractivity (Wildman–Crippen MR) is 68.1 cm³/mol. The molecule has 0 saturated carbocycles. The molecule has 0 radical (unpaired) electrons. The first-order valence-corrected chi connectivity index (χ1v) is 5.57. The van der Waals surface area contributed by atoms with Crippen molar-refractivity contribution < 1.29 is 9.53 Å². The number of hydrogen-bond donors (Lipinski definition) is 1. The summed E-state index contributed by atoms with van der Waals surface area (Å²) in [5, 5.41) is 12.4. The van der Waals surface area contributed by atoms with Crippen molar-refractivity contribution in [2.75, 3.05) is 6.61 Å². The summed E-state index contributed by atoms with van der Waals surface area (Å²) >= 11 is 0. The molecule has 0 unspecified atom stereocenters. The molecule has 0 saturated heterocycles. The molecule has 0 aromatic heterocycles. The first kappa shape index (κ1) is 13.7. The van der Waals surface area contributed by atoms with Gasteiger partial charge in [0.1, 0.15) is 5.75 Å². The van der Waals surface area contributed by atoms with E-state index in [9.17, 15) is 4.79 Å². The molecule has 1 rings (SSSR count). The monoisotopic (exact) mass is 245 g/mol. The minimum Gasteiger partial charge on any atom is -0.484 e. The zero-order valence-corrected chi connectivity index (χ0v) is 10.4. The lowest BCUT2D eigenvalue weighted by molar-refractivity contribution is -0.123. The highest BCUT2D eigenvalue weighted by Crippen LogP contribution is 2.10. The number of nitrogens with one attached hydrogen (secondary N) is 1. The maximum atomic E-state index is 11.3. The fourth-order valence-electron chi connectivity index (χ4n) is 1.07. The van der Waals surface area contributed by atoms with Crippen LogP contribution in [0.25, 0.3) is 0 Å². The second-order valence-electron chi connectivity index (χ2n) is 3.98. The van der Waals surface area contributed by atoms with Crippen LogP contribution in [0.5, 0.6) is 5.75 Å². The lowest BCUT2D eigenvalue weighted by Gasteiger charge is -2.04. The van der Waals surface area contributed by atoms with Crippen LogP contribution in [0.4, 0.5) is 0 Å². The normalized spacial score (nSPS) is 10.3. The van der Waals surface area contributed by atoms with Gasteiger partial charge in [0.25, 0.3) is 5.91 Å². The van der Waals surface area contributed by atoms with E-state index in [0.717, 1.165) is 0 Å². The second kappa shape index (κ2) is 7.07. The Hall–Kier alpha value is -2.35. The third-order valence-corrected chi connectivity index (χ3v) is 1.92. The largest absolute Gasteiger partial charge is 0.484 e. The quantitative estimate of drug-likeness (QED) is 0.633. The molecule has 0 aliphatic rings. The van der Waals surface area contributed by atoms with Crippen molar-refractivity contribution in [3.05, 3.63) is 29.8 Å². The smallest absolute Gasteiger partial charge is 0.277 e. The van der Waals surface area contributed by atoms with E-state index in [4.69, 9.17) is 10.00 Å². The van der Waals surface area contributed by atoms with Crippen molar-refractivity contribution in [2.24, 2.45) is 11.0 Å². The Labute approximate surface area is 106 Å². The Morgan fingerprint density at radius 3 is 2.72 bits per heavy atom. The van der Waals surface area contributed by atoms with E-state index in [1.165, 1.54) is 0 Å². The fraction of sp³-hybridized carbons (Fsp3) is 0.308. The highest BCUT2D eigenvalue weighted by molar-refractivity contribution is 5.78. The van der Waals surface area contributed by atoms with Crippen LogP contribution in [0.2, 0.25) is 0 Å². The molecule has 94 valence electrons. The zero-order valence-electron chi connectivity index (χ0n) is 10.4. The number of rotatable bonds is 5. The van der Waals surface area contributed by atoms with Crippen molar-refractivity contribution in [3.8, 4) is 11.8 Å². The molecule has 0 aliphatic heterocycles. The number of ether oxygens (including phenoxy) is 1. The lowest BCUT2D eigenvalue weighted by Crippen LogP contribution is -2.24. The van der Waals surface area contributed by atoms with E-state index in [1.54, 1.807) is 30.5 Å². The van der Waals surface area contributed by atoms with Crippen LogP contribution >= 0.6 is 0 Å². The first-order valence-electron chi connectivity index (χ1n) is 5.57. The number of nitriles is 1. The Balaban J connectivity index is 2.36. The molecule has 5 nitrogen and oxygen atoms in total. The molecule has 0 fully saturated rings. The Bertz CT molecular complexity index is 458. The zero-order chi connectivity index (χ0) is 13.4. The number of carbonyl (C=O) groups is 1. The summed E-state index contributed by atoms with van der Waals surface area (Å²) in [6.45, 7) is 3.81. The van der Waals surface area contributed by atoms with Crippen LogP contribution in [-0.4, -0.2) is 18.7 Å². The van der Waals surface area contributed by atoms with Crippen LogP contribution in [0.15, 0.2) is 29.4 Å². The van der Waals surface area contributed by atoms with E-state index in [2.05, 4.69) is 10.5 Å². The van der Waals surface area contributed by atoms with Crippen molar-refractivity contribution in [1.29, 1.82) is 5.26 Å². The average Bonchev–Trinajstić information content (AvgIpc) is 2.36. The fourth-order valence-corrected chi connectivity index (χ4v) is 1.07. The van der Waals surface area contributed by atoms with Gasteiger partial charge in [0.05, 0.1) is 11.6 Å². The molecule has 5 heteroatoms. The van der Waals surface area contributed by atoms with E-state index >= 15 is 0 Å². The minimum absolute atomic E-state index is 0.110. The summed E-state index contributed by atoms with van der Waals surface area (Å²) in [5.74, 6) is 0.498. The van der Waals surface area contributed by atoms with Gasteiger partial charge in [0, 0.05) is 6.21 Å². The van der Waals surface area contributed by atoms with Crippen LogP contribution in [-0.2, 0) is 4.79 Å². The van der Waals surface area contributed by atoms with Crippen molar-refractivity contribution >= 4 is 12.1 Å². The molecule has 0 bridgehead atoms. The number of carbonyl (C=O) groups excluding carboxylic acids is 1. The van der Waals surface area contributed by atoms with E-state index < -0.39 is 0 Å². The highest BCUT2D eigenvalue weighted by Gasteiger charge is 2.01. The SMILES string of the molecule is CC(C)C=NNC(=O)COc1ccc(C#N)cc1. The van der Waals surface area contributed by atoms with E-state index in [0.29, 0.717) is 11.3 Å². The molecule has 18 heavy (non-hydrogen) atoms. The molecule has 1 aromatic rings. The van der Waals surface area contributed by atoms with Crippen LogP contribution in [0.3, 0.4) is 0 Å². The van der Waals surface area contributed by atoms with Gasteiger partial charge >= 0.3 is 0 Å². The number of benzene rings is 1. The standard InChI is InChI=1S/C13H15N3O2/c1-10(2)8-15-16-13(17)9-18-12-5-3-11(7-14)4-6-12/h3-6,8,10H,9H2,1-2H3,(H,16,17). The van der Waals surface area contributed by atoms with Crippen molar-refractivity contribution in [3.63, 3.8) is 0 Å². The molecule has 0 atom stereocenters. The maximum Gasteiger partial charge on any atom is 0.277 e. The van der Waals surface area contributed by atoms with Gasteiger partial charge < -0.3 is 4.74 Å². The van der Waals surface area contributed by atoms with Gasteiger partial charge in [-0.15, -0.1) is 0 Å². The summed E-state index contributed by atoms with van der Waals surface area (Å²) in [4.78, 5) is 11.3. The summed E-state index contributed by atoms with van der Waals surface area (Å²) < 4.78 is 5.23. The Morgan fingerprint density at radius 1 is 1.50 bits per heavy atom. The molecule has 1 aromatic carbocycles. The minimum atomic E-state index is -0.323. The third-order valence-electron chi connectivity index (χ3n) is 1.92. The van der Waals surface area contributed by atoms with E-state index in [-0.39, 0.29) is 18.4 Å². The topological polar surface area (TPSA) is 74.5 Å². The molecule has 0 spiro atoms. The summed E-state index contributed by atoms with van der Waals surface area (Å²) in [7, 11) is 0. The van der Waals surface area contributed by atoms with Crippen molar-refractivity contribution in [2.45, 2.75) is 13.8 Å². The lowest BCUT2D eigenvalue weighted by atomic mass is 10.2. The molecule has 0 heterocycles. The number of hydrogen-bond acceptors (Lipinski definition) is 4. The van der Waals surface area contributed by atoms with Gasteiger partial charge in [0.2, 0.25) is 0 Å². The maximum absolute atomic E-state index is 11.3. The molecular formula is C13H15N3O2. The molecule has 1 amide bonds. The number of amides is 1. The third kappa shape index (κ3) is 5.12. The van der Waals surface area contributed by atoms with Crippen LogP contribution in [0, 0.1) is 17.2 Å². The summed E-state index contributed by atoms with van der Waals surface area (Å²) in [6.07, 6.45) is 1.64. The van der Waals surface area contributed by atoms with Gasteiger partial charge in [-0.05, 0) is 30.2 Å². The van der Waals surface area contributed by atoms with Gasteiger partial charge in [-0.25, -0.2) is 5.43 Å². The van der Waals surface area contributed by atoms with E-state index in [1.807, 2.05) is 19.9 Å². The molecule has 0 aliphatic carbocycles. The Kier molecular flexibility index (Phi) is 5.39. The second-order valence-corrected chi connectivity index (χ2v) is 3.98. The number of nitrogens with zero attached hydrogens (tertiary/aromatic N) is 2. The molecular weight excluding hydrogens is 230 g/mol. The predicted octanol–water partition coefficient (Wildman–Crippen LogP) is 1.70. The number of hydrazone groups is 1. The van der Waals surface area contributed by atoms with Crippen LogP contribution in [0.1, 0.15) is 19.4 Å². The van der Waals surface area contributed by atoms with Gasteiger partial charge in [-0.2, -0.15) is 10.4 Å².